The number of nitrogens with zero attached hydrogens (tertiary/aromatic N) is 3. The van der Waals surface area contributed by atoms with Gasteiger partial charge in [-0.2, -0.15) is 0 Å². The van der Waals surface area contributed by atoms with E-state index in [2.05, 4.69) is 4.98 Å². The number of hydrogen-bond acceptors (Lipinski definition) is 7. The Balaban J connectivity index is 3.26. The van der Waals surface area contributed by atoms with Crippen molar-refractivity contribution in [1.82, 2.24) is 9.88 Å². The highest BCUT2D eigenvalue weighted by molar-refractivity contribution is 7.81. The van der Waals surface area contributed by atoms with Gasteiger partial charge in [0.2, 0.25) is 5.91 Å². The minimum Gasteiger partial charge on any atom is -0.461 e. The molecule has 1 amide bonds. The summed E-state index contributed by atoms with van der Waals surface area (Å²) in [5, 5.41) is 0.627. The fourth-order valence-corrected chi connectivity index (χ4v) is 2.99. The van der Waals surface area contributed by atoms with E-state index in [1.807, 2.05) is 34.9 Å². The van der Waals surface area contributed by atoms with Crippen LogP contribution in [0.2, 0.25) is 0 Å². The largest absolute Gasteiger partial charge is 0.461 e. The maximum atomic E-state index is 12.4. The predicted molar refractivity (Wildman–Crippen MR) is 96.3 cm³/mol. The molecule has 8 heteroatoms. The van der Waals surface area contributed by atoms with E-state index in [4.69, 9.17) is 17.0 Å². The van der Waals surface area contributed by atoms with E-state index in [-0.39, 0.29) is 23.2 Å². The van der Waals surface area contributed by atoms with Gasteiger partial charge in [-0.1, -0.05) is 44.3 Å². The third-order valence-electron chi connectivity index (χ3n) is 2.91. The summed E-state index contributed by atoms with van der Waals surface area (Å²) in [6.45, 7) is 7.43. The molecular formula is C15H23N3O3S2. The zero-order valence-electron chi connectivity index (χ0n) is 14.6. The van der Waals surface area contributed by atoms with Crippen molar-refractivity contribution in [3.63, 3.8) is 0 Å². The van der Waals surface area contributed by atoms with E-state index >= 15 is 0 Å². The molecule has 0 aromatic carbocycles. The maximum absolute atomic E-state index is 12.4. The highest BCUT2D eigenvalue weighted by Crippen LogP contribution is 2.28. The molecule has 6 nitrogen and oxygen atoms in total. The molecule has 0 unspecified atom stereocenters. The molecule has 0 N–H and O–H groups in total. The van der Waals surface area contributed by atoms with Crippen LogP contribution in [0.1, 0.15) is 43.1 Å². The zero-order valence-corrected chi connectivity index (χ0v) is 16.2. The zero-order chi connectivity index (χ0) is 17.9. The van der Waals surface area contributed by atoms with Gasteiger partial charge < -0.3 is 14.5 Å². The SMILES string of the molecule is CCOC(=O)c1nc(N(C)C)sc1C(=S)N(C)C(=O)C(C)(C)C. The average molecular weight is 358 g/mol. The van der Waals surface area contributed by atoms with Gasteiger partial charge in [-0.05, 0) is 6.92 Å². The highest BCUT2D eigenvalue weighted by atomic mass is 32.1. The highest BCUT2D eigenvalue weighted by Gasteiger charge is 2.31. The number of carbonyl (C=O) groups is 2. The maximum Gasteiger partial charge on any atom is 0.358 e. The Morgan fingerprint density at radius 2 is 1.83 bits per heavy atom. The van der Waals surface area contributed by atoms with Crippen LogP contribution in [0, 0.1) is 5.41 Å². The molecule has 1 aromatic heterocycles. The normalized spacial score (nSPS) is 11.1. The third-order valence-corrected chi connectivity index (χ3v) is 4.75. The first-order chi connectivity index (χ1) is 10.5. The molecule has 1 heterocycles. The summed E-state index contributed by atoms with van der Waals surface area (Å²) in [6, 6.07) is 0. The average Bonchev–Trinajstić information content (AvgIpc) is 2.89. The number of rotatable bonds is 4. The molecule has 1 aromatic rings. The number of hydrogen-bond donors (Lipinski definition) is 0. The minimum atomic E-state index is -0.571. The van der Waals surface area contributed by atoms with Gasteiger partial charge in [0, 0.05) is 26.6 Å². The Morgan fingerprint density at radius 1 is 1.26 bits per heavy atom. The van der Waals surface area contributed by atoms with Crippen molar-refractivity contribution >= 4 is 45.6 Å². The van der Waals surface area contributed by atoms with Crippen molar-refractivity contribution in [2.75, 3.05) is 32.6 Å². The van der Waals surface area contributed by atoms with E-state index in [1.165, 1.54) is 16.2 Å². The summed E-state index contributed by atoms with van der Waals surface area (Å²) < 4.78 is 5.04. The third kappa shape index (κ3) is 4.48. The molecule has 0 aliphatic heterocycles. The van der Waals surface area contributed by atoms with Gasteiger partial charge in [0.1, 0.15) is 4.99 Å². The molecule has 0 atom stereocenters. The minimum absolute atomic E-state index is 0.128. The Labute approximate surface area is 146 Å². The van der Waals surface area contributed by atoms with Crippen LogP contribution >= 0.6 is 23.6 Å². The lowest BCUT2D eigenvalue weighted by molar-refractivity contribution is -0.134. The van der Waals surface area contributed by atoms with Crippen LogP contribution in [0.4, 0.5) is 5.13 Å². The number of esters is 1. The van der Waals surface area contributed by atoms with Crippen LogP contribution < -0.4 is 4.90 Å². The number of carbonyl (C=O) groups excluding carboxylic acids is 2. The molecule has 0 aliphatic rings. The van der Waals surface area contributed by atoms with E-state index < -0.39 is 11.4 Å². The number of amides is 1. The second-order valence-electron chi connectivity index (χ2n) is 6.21. The van der Waals surface area contributed by atoms with Gasteiger partial charge in [-0.3, -0.25) is 4.79 Å². The molecule has 0 saturated heterocycles. The lowest BCUT2D eigenvalue weighted by Crippen LogP contribution is -2.40. The summed E-state index contributed by atoms with van der Waals surface area (Å²) in [6.07, 6.45) is 0. The lowest BCUT2D eigenvalue weighted by atomic mass is 9.95. The smallest absolute Gasteiger partial charge is 0.358 e. The van der Waals surface area contributed by atoms with E-state index in [0.29, 0.717) is 10.0 Å². The van der Waals surface area contributed by atoms with Gasteiger partial charge in [0.15, 0.2) is 10.8 Å². The molecule has 128 valence electrons. The Bertz CT molecular complexity index is 618. The van der Waals surface area contributed by atoms with Crippen LogP contribution in [0.25, 0.3) is 0 Å². The Hall–Kier alpha value is -1.54. The van der Waals surface area contributed by atoms with Crippen LogP contribution in [-0.4, -0.2) is 54.5 Å². The van der Waals surface area contributed by atoms with Crippen molar-refractivity contribution in [2.45, 2.75) is 27.7 Å². The van der Waals surface area contributed by atoms with Gasteiger partial charge in [-0.15, -0.1) is 0 Å². The van der Waals surface area contributed by atoms with Crippen LogP contribution in [-0.2, 0) is 9.53 Å². The van der Waals surface area contributed by atoms with Gasteiger partial charge in [0.05, 0.1) is 11.5 Å². The molecule has 0 fully saturated rings. The standard InChI is InChI=1S/C15H23N3O3S2/c1-8-21-12(19)9-10(23-14(16-9)17(5)6)11(22)18(7)13(20)15(2,3)4/h8H2,1-7H3. The molecular weight excluding hydrogens is 334 g/mol. The van der Waals surface area contributed by atoms with Gasteiger partial charge in [-0.25, -0.2) is 9.78 Å². The first kappa shape index (κ1) is 19.5. The second kappa shape index (κ2) is 7.35. The summed E-state index contributed by atoms with van der Waals surface area (Å²) in [5.41, 5.74) is -0.420. The monoisotopic (exact) mass is 357 g/mol. The molecule has 0 radical (unpaired) electrons. The molecule has 0 bridgehead atoms. The van der Waals surface area contributed by atoms with Gasteiger partial charge >= 0.3 is 5.97 Å². The number of thiazole rings is 1. The molecule has 0 spiro atoms. The fraction of sp³-hybridized carbons (Fsp3) is 0.600. The molecule has 1 rings (SSSR count). The summed E-state index contributed by atoms with van der Waals surface area (Å²) in [7, 11) is 5.26. The van der Waals surface area contributed by atoms with Crippen LogP contribution in [0.3, 0.4) is 0 Å². The van der Waals surface area contributed by atoms with Crippen molar-refractivity contribution in [3.8, 4) is 0 Å². The van der Waals surface area contributed by atoms with Gasteiger partial charge in [0.25, 0.3) is 0 Å². The quantitative estimate of drug-likeness (QED) is 0.610. The second-order valence-corrected chi connectivity index (χ2v) is 7.57. The van der Waals surface area contributed by atoms with Crippen molar-refractivity contribution in [3.05, 3.63) is 10.6 Å². The first-order valence-corrected chi connectivity index (χ1v) is 8.40. The summed E-state index contributed by atoms with van der Waals surface area (Å²) >= 11 is 6.69. The Kier molecular flexibility index (Phi) is 6.24. The van der Waals surface area contributed by atoms with Crippen LogP contribution in [0.5, 0.6) is 0 Å². The number of thiocarbonyl (C=S) groups is 1. The predicted octanol–water partition coefficient (Wildman–Crippen LogP) is 2.57. The van der Waals surface area contributed by atoms with Crippen LogP contribution in [0.15, 0.2) is 0 Å². The summed E-state index contributed by atoms with van der Waals surface area (Å²) in [4.78, 5) is 32.8. The molecule has 0 saturated carbocycles. The first-order valence-electron chi connectivity index (χ1n) is 7.18. The number of anilines is 1. The Morgan fingerprint density at radius 3 is 2.26 bits per heavy atom. The summed E-state index contributed by atoms with van der Waals surface area (Å²) in [5.74, 6) is -0.664. The number of ether oxygens (including phenoxy) is 1. The van der Waals surface area contributed by atoms with Crippen molar-refractivity contribution in [2.24, 2.45) is 5.41 Å². The topological polar surface area (TPSA) is 62.7 Å². The fourth-order valence-electron chi connectivity index (χ4n) is 1.73. The lowest BCUT2D eigenvalue weighted by Gasteiger charge is -2.26. The number of aromatic nitrogens is 1. The van der Waals surface area contributed by atoms with Crippen molar-refractivity contribution < 1.29 is 14.3 Å². The van der Waals surface area contributed by atoms with Crippen molar-refractivity contribution in [1.29, 1.82) is 0 Å². The molecule has 0 aliphatic carbocycles. The van der Waals surface area contributed by atoms with E-state index in [1.54, 1.807) is 18.9 Å². The molecule has 23 heavy (non-hydrogen) atoms. The van der Waals surface area contributed by atoms with E-state index in [0.717, 1.165) is 0 Å². The van der Waals surface area contributed by atoms with E-state index in [9.17, 15) is 9.59 Å².